The second-order valence-electron chi connectivity index (χ2n) is 3.07. The summed E-state index contributed by atoms with van der Waals surface area (Å²) in [6.45, 7) is 5.21. The molecule has 0 aromatic heterocycles. The van der Waals surface area contributed by atoms with Crippen LogP contribution in [-0.2, 0) is 0 Å². The van der Waals surface area contributed by atoms with E-state index in [1.54, 1.807) is 0 Å². The summed E-state index contributed by atoms with van der Waals surface area (Å²) in [5, 5.41) is 9.07. The van der Waals surface area contributed by atoms with Crippen LogP contribution in [0, 0.1) is 0 Å². The Morgan fingerprint density at radius 3 is 2.92 bits per heavy atom. The number of urea groups is 1. The van der Waals surface area contributed by atoms with E-state index in [9.17, 15) is 4.79 Å². The molecule has 0 saturated carbocycles. The van der Waals surface area contributed by atoms with Crippen LogP contribution in [0.1, 0.15) is 0 Å². The first-order valence-electron chi connectivity index (χ1n) is 4.72. The van der Waals surface area contributed by atoms with Gasteiger partial charge in [0.2, 0.25) is 0 Å². The fourth-order valence-electron chi connectivity index (χ4n) is 1.28. The summed E-state index contributed by atoms with van der Waals surface area (Å²) in [5.41, 5.74) is 0. The van der Waals surface area contributed by atoms with E-state index in [0.29, 0.717) is 0 Å². The van der Waals surface area contributed by atoms with E-state index in [2.05, 4.69) is 16.0 Å². The Kier molecular flexibility index (Phi) is 4.56. The van der Waals surface area contributed by atoms with Gasteiger partial charge in [-0.1, -0.05) is 0 Å². The maximum Gasteiger partial charge on any atom is 0.317 e. The minimum absolute atomic E-state index is 0.0652. The first-order valence-corrected chi connectivity index (χ1v) is 4.72. The molecule has 3 N–H and O–H groups in total. The van der Waals surface area contributed by atoms with Crippen LogP contribution in [0.15, 0.2) is 0 Å². The number of amides is 2. The fourth-order valence-corrected chi connectivity index (χ4v) is 1.28. The first-order chi connectivity index (χ1) is 6.34. The fraction of sp³-hybridized carbons (Fsp3) is 0.875. The maximum absolute atomic E-state index is 11.1. The third-order valence-electron chi connectivity index (χ3n) is 2.06. The summed E-state index contributed by atoms with van der Waals surface area (Å²) in [4.78, 5) is 12.9. The van der Waals surface area contributed by atoms with Crippen LogP contribution < -0.4 is 16.0 Å². The number of hydrogen-bond acceptors (Lipinski definition) is 3. The molecular formula is C8H18N4O. The van der Waals surface area contributed by atoms with E-state index in [4.69, 9.17) is 0 Å². The molecule has 1 aliphatic rings. The van der Waals surface area contributed by atoms with Crippen molar-refractivity contribution in [3.63, 3.8) is 0 Å². The molecule has 0 radical (unpaired) electrons. The average molecular weight is 186 g/mol. The minimum atomic E-state index is 0.0652. The van der Waals surface area contributed by atoms with Gasteiger partial charge < -0.3 is 20.9 Å². The normalized spacial score (nSPS) is 16.4. The Balaban J connectivity index is 1.96. The number of likely N-dealkylation sites (N-methyl/N-ethyl adjacent to an activating group) is 1. The number of rotatable bonds is 6. The van der Waals surface area contributed by atoms with Crippen molar-refractivity contribution in [1.82, 2.24) is 20.9 Å². The zero-order valence-corrected chi connectivity index (χ0v) is 8.10. The number of nitrogens with zero attached hydrogens (tertiary/aromatic N) is 1. The quantitative estimate of drug-likeness (QED) is 0.458. The van der Waals surface area contributed by atoms with Crippen LogP contribution in [0.3, 0.4) is 0 Å². The number of hydrogen-bond donors (Lipinski definition) is 3. The molecule has 1 saturated heterocycles. The minimum Gasteiger partial charge on any atom is -0.336 e. The summed E-state index contributed by atoms with van der Waals surface area (Å²) in [6.07, 6.45) is 0. The van der Waals surface area contributed by atoms with Crippen molar-refractivity contribution in [3.05, 3.63) is 0 Å². The third kappa shape index (κ3) is 3.61. The van der Waals surface area contributed by atoms with Crippen molar-refractivity contribution < 1.29 is 4.79 Å². The largest absolute Gasteiger partial charge is 0.336 e. The molecule has 0 spiro atoms. The first kappa shape index (κ1) is 10.3. The lowest BCUT2D eigenvalue weighted by Crippen LogP contribution is -2.36. The molecule has 5 nitrogen and oxygen atoms in total. The molecule has 1 aliphatic heterocycles. The highest BCUT2D eigenvalue weighted by Gasteiger charge is 2.17. The van der Waals surface area contributed by atoms with Crippen molar-refractivity contribution >= 4 is 6.03 Å². The van der Waals surface area contributed by atoms with Crippen LogP contribution in [0.5, 0.6) is 0 Å². The Bertz CT molecular complexity index is 162. The van der Waals surface area contributed by atoms with Crippen molar-refractivity contribution in [1.29, 1.82) is 0 Å². The Hall–Kier alpha value is -0.810. The third-order valence-corrected chi connectivity index (χ3v) is 2.06. The Labute approximate surface area is 78.9 Å². The van der Waals surface area contributed by atoms with E-state index in [-0.39, 0.29) is 6.03 Å². The van der Waals surface area contributed by atoms with E-state index < -0.39 is 0 Å². The standard InChI is InChI=1S/C8H18N4O/c1-9-2-3-10-4-6-12-7-5-11-8(12)13/h9-10H,2-7H2,1H3,(H,11,13). The van der Waals surface area contributed by atoms with Gasteiger partial charge in [-0.25, -0.2) is 4.79 Å². The van der Waals surface area contributed by atoms with Gasteiger partial charge in [0.25, 0.3) is 0 Å². The van der Waals surface area contributed by atoms with E-state index in [1.165, 1.54) is 0 Å². The maximum atomic E-state index is 11.1. The number of nitrogens with one attached hydrogen (secondary N) is 3. The topological polar surface area (TPSA) is 56.4 Å². The highest BCUT2D eigenvalue weighted by Crippen LogP contribution is 1.93. The van der Waals surface area contributed by atoms with Crippen LogP contribution in [0.2, 0.25) is 0 Å². The van der Waals surface area contributed by atoms with Crippen LogP contribution in [0.4, 0.5) is 4.79 Å². The molecule has 0 atom stereocenters. The van der Waals surface area contributed by atoms with Gasteiger partial charge in [0.15, 0.2) is 0 Å². The van der Waals surface area contributed by atoms with Crippen LogP contribution >= 0.6 is 0 Å². The summed E-state index contributed by atoms with van der Waals surface area (Å²) in [6, 6.07) is 0.0652. The van der Waals surface area contributed by atoms with Gasteiger partial charge in [0.1, 0.15) is 0 Å². The second kappa shape index (κ2) is 5.77. The lowest BCUT2D eigenvalue weighted by molar-refractivity contribution is 0.217. The van der Waals surface area contributed by atoms with E-state index in [1.807, 2.05) is 11.9 Å². The zero-order valence-electron chi connectivity index (χ0n) is 8.10. The lowest BCUT2D eigenvalue weighted by Gasteiger charge is -2.13. The van der Waals surface area contributed by atoms with Crippen molar-refractivity contribution in [2.75, 3.05) is 46.3 Å². The second-order valence-corrected chi connectivity index (χ2v) is 3.07. The Morgan fingerprint density at radius 1 is 1.46 bits per heavy atom. The highest BCUT2D eigenvalue weighted by atomic mass is 16.2. The summed E-state index contributed by atoms with van der Waals surface area (Å²) < 4.78 is 0. The molecule has 0 unspecified atom stereocenters. The van der Waals surface area contributed by atoms with Crippen LogP contribution in [0.25, 0.3) is 0 Å². The molecule has 5 heteroatoms. The predicted octanol–water partition coefficient (Wildman–Crippen LogP) is -1.18. The smallest absolute Gasteiger partial charge is 0.317 e. The van der Waals surface area contributed by atoms with E-state index in [0.717, 1.165) is 39.3 Å². The number of carbonyl (C=O) groups excluding carboxylic acids is 1. The van der Waals surface area contributed by atoms with Crippen molar-refractivity contribution in [3.8, 4) is 0 Å². The molecule has 1 rings (SSSR count). The Morgan fingerprint density at radius 2 is 2.31 bits per heavy atom. The molecule has 0 bridgehead atoms. The molecule has 2 amide bonds. The van der Waals surface area contributed by atoms with Crippen molar-refractivity contribution in [2.24, 2.45) is 0 Å². The van der Waals surface area contributed by atoms with Gasteiger partial charge in [-0.2, -0.15) is 0 Å². The molecule has 0 aromatic carbocycles. The molecule has 0 aliphatic carbocycles. The van der Waals surface area contributed by atoms with Gasteiger partial charge in [-0.15, -0.1) is 0 Å². The van der Waals surface area contributed by atoms with Gasteiger partial charge >= 0.3 is 6.03 Å². The molecule has 76 valence electrons. The van der Waals surface area contributed by atoms with Gasteiger partial charge in [-0.3, -0.25) is 0 Å². The summed E-state index contributed by atoms with van der Waals surface area (Å²) in [5.74, 6) is 0. The van der Waals surface area contributed by atoms with Crippen LogP contribution in [-0.4, -0.2) is 57.2 Å². The number of carbonyl (C=O) groups is 1. The molecular weight excluding hydrogens is 168 g/mol. The monoisotopic (exact) mass is 186 g/mol. The highest BCUT2D eigenvalue weighted by molar-refractivity contribution is 5.76. The molecule has 1 fully saturated rings. The lowest BCUT2D eigenvalue weighted by atomic mass is 10.5. The van der Waals surface area contributed by atoms with Gasteiger partial charge in [0.05, 0.1) is 0 Å². The summed E-state index contributed by atoms with van der Waals surface area (Å²) in [7, 11) is 1.93. The van der Waals surface area contributed by atoms with Gasteiger partial charge in [0, 0.05) is 39.3 Å². The molecule has 13 heavy (non-hydrogen) atoms. The van der Waals surface area contributed by atoms with Crippen molar-refractivity contribution in [2.45, 2.75) is 0 Å². The predicted molar refractivity (Wildman–Crippen MR) is 51.8 cm³/mol. The zero-order chi connectivity index (χ0) is 9.52. The molecule has 0 aromatic rings. The SMILES string of the molecule is CNCCNCCN1CCNC1=O. The summed E-state index contributed by atoms with van der Waals surface area (Å²) >= 11 is 0. The van der Waals surface area contributed by atoms with E-state index >= 15 is 0 Å². The molecule has 1 heterocycles. The van der Waals surface area contributed by atoms with Gasteiger partial charge in [-0.05, 0) is 7.05 Å². The average Bonchev–Trinajstić information content (AvgIpc) is 2.52.